The molecule has 0 saturated carbocycles. The van der Waals surface area contributed by atoms with Gasteiger partial charge in [0.05, 0.1) is 12.7 Å². The molecule has 25 heavy (non-hydrogen) atoms. The molecule has 1 aromatic rings. The Balaban J connectivity index is 1.51. The van der Waals surface area contributed by atoms with Crippen LogP contribution in [-0.4, -0.2) is 77.5 Å². The van der Waals surface area contributed by atoms with Crippen molar-refractivity contribution in [2.45, 2.75) is 37.5 Å². The van der Waals surface area contributed by atoms with Crippen LogP contribution in [0.3, 0.4) is 0 Å². The van der Waals surface area contributed by atoms with E-state index < -0.39 is 12.0 Å². The number of benzene rings is 1. The second-order valence-electron chi connectivity index (χ2n) is 6.94. The van der Waals surface area contributed by atoms with E-state index in [0.717, 1.165) is 5.56 Å². The molecule has 2 heterocycles. The van der Waals surface area contributed by atoms with Gasteiger partial charge in [0.2, 0.25) is 0 Å². The van der Waals surface area contributed by atoms with Gasteiger partial charge in [-0.05, 0) is 17.7 Å². The van der Waals surface area contributed by atoms with E-state index in [1.165, 1.54) is 0 Å². The molecule has 140 valence electrons. The predicted octanol–water partition coefficient (Wildman–Crippen LogP) is 1.33. The van der Waals surface area contributed by atoms with Crippen molar-refractivity contribution in [2.75, 3.05) is 39.4 Å². The molecule has 2 N–H and O–H groups in total. The molecular weight excluding hydrogens is 330 g/mol. The van der Waals surface area contributed by atoms with Gasteiger partial charge < -0.3 is 14.9 Å². The van der Waals surface area contributed by atoms with E-state index in [9.17, 15) is 13.9 Å². The highest BCUT2D eigenvalue weighted by Crippen LogP contribution is 2.30. The molecule has 0 unspecified atom stereocenters. The molecule has 2 aliphatic rings. The van der Waals surface area contributed by atoms with Crippen molar-refractivity contribution < 1.29 is 23.7 Å². The zero-order valence-electron chi connectivity index (χ0n) is 14.3. The van der Waals surface area contributed by atoms with E-state index in [0.29, 0.717) is 38.5 Å². The van der Waals surface area contributed by atoms with Gasteiger partial charge in [0.1, 0.15) is 12.4 Å². The minimum Gasteiger partial charge on any atom is -0.491 e. The molecule has 0 radical (unpaired) electrons. The van der Waals surface area contributed by atoms with Gasteiger partial charge in [-0.2, -0.15) is 0 Å². The molecule has 2 saturated heterocycles. The molecule has 3 rings (SSSR count). The van der Waals surface area contributed by atoms with Gasteiger partial charge in [0, 0.05) is 51.6 Å². The lowest BCUT2D eigenvalue weighted by atomic mass is 10.0. The number of halogens is 2. The van der Waals surface area contributed by atoms with Crippen molar-refractivity contribution in [1.29, 1.82) is 0 Å². The normalized spacial score (nSPS) is 27.5. The largest absolute Gasteiger partial charge is 0.491 e. The lowest BCUT2D eigenvalue weighted by Gasteiger charge is -2.36. The summed E-state index contributed by atoms with van der Waals surface area (Å²) in [4.78, 5) is 4.17. The average molecular weight is 356 g/mol. The molecule has 5 nitrogen and oxygen atoms in total. The maximum atomic E-state index is 13.3. The number of alkyl halides is 2. The number of likely N-dealkylation sites (tertiary alicyclic amines) is 2. The monoisotopic (exact) mass is 356 g/mol. The van der Waals surface area contributed by atoms with Gasteiger partial charge in [-0.25, -0.2) is 8.78 Å². The third kappa shape index (κ3) is 4.88. The van der Waals surface area contributed by atoms with Crippen LogP contribution >= 0.6 is 0 Å². The molecule has 0 aromatic heterocycles. The minimum atomic E-state index is -2.56. The Morgan fingerprint density at radius 3 is 2.44 bits per heavy atom. The number of aliphatic hydroxyl groups excluding tert-OH is 2. The molecule has 2 aliphatic heterocycles. The first-order chi connectivity index (χ1) is 12.0. The Labute approximate surface area is 146 Å². The van der Waals surface area contributed by atoms with Crippen molar-refractivity contribution in [3.63, 3.8) is 0 Å². The van der Waals surface area contributed by atoms with E-state index in [1.54, 1.807) is 0 Å². The van der Waals surface area contributed by atoms with E-state index in [4.69, 9.17) is 9.84 Å². The van der Waals surface area contributed by atoms with Gasteiger partial charge in [-0.1, -0.05) is 12.1 Å². The van der Waals surface area contributed by atoms with Gasteiger partial charge in [-0.3, -0.25) is 9.80 Å². The van der Waals surface area contributed by atoms with Crippen LogP contribution in [0.5, 0.6) is 5.75 Å². The number of hydrogen-bond donors (Lipinski definition) is 2. The van der Waals surface area contributed by atoms with E-state index in [-0.39, 0.29) is 32.1 Å². The number of β-amino-alcohol motifs (C(OH)–C–C–N with tert-alkyl or cyclic N) is 1. The first-order valence-electron chi connectivity index (χ1n) is 8.82. The molecule has 1 aromatic carbocycles. The molecule has 0 bridgehead atoms. The number of nitrogens with zero attached hydrogens (tertiary/aromatic N) is 2. The standard InChI is InChI=1S/C18H26F2N2O3/c19-18(20)5-7-22(8-6-18)16-12-21(13-17(16)24)11-14-1-3-15(4-2-14)25-10-9-23/h1-4,16-17,23-24H,5-13H2/t16-,17-/m0/s1. The lowest BCUT2D eigenvalue weighted by Crippen LogP contribution is -2.49. The first kappa shape index (κ1) is 18.5. The van der Waals surface area contributed by atoms with Crippen molar-refractivity contribution in [3.8, 4) is 5.75 Å². The van der Waals surface area contributed by atoms with Crippen LogP contribution < -0.4 is 4.74 Å². The van der Waals surface area contributed by atoms with Crippen LogP contribution in [0, 0.1) is 0 Å². The van der Waals surface area contributed by atoms with Crippen LogP contribution in [0.1, 0.15) is 18.4 Å². The highest BCUT2D eigenvalue weighted by Gasteiger charge is 2.41. The Morgan fingerprint density at radius 2 is 1.80 bits per heavy atom. The fraction of sp³-hybridized carbons (Fsp3) is 0.667. The molecule has 7 heteroatoms. The zero-order valence-corrected chi connectivity index (χ0v) is 14.3. The number of ether oxygens (including phenoxy) is 1. The molecule has 0 spiro atoms. The first-order valence-corrected chi connectivity index (χ1v) is 8.82. The van der Waals surface area contributed by atoms with Crippen molar-refractivity contribution in [2.24, 2.45) is 0 Å². The fourth-order valence-electron chi connectivity index (χ4n) is 3.63. The number of piperidine rings is 1. The van der Waals surface area contributed by atoms with E-state index in [1.807, 2.05) is 29.2 Å². The van der Waals surface area contributed by atoms with Gasteiger partial charge >= 0.3 is 0 Å². The van der Waals surface area contributed by atoms with Crippen LogP contribution in [-0.2, 0) is 6.54 Å². The van der Waals surface area contributed by atoms with E-state index in [2.05, 4.69) is 4.90 Å². The summed E-state index contributed by atoms with van der Waals surface area (Å²) >= 11 is 0. The maximum absolute atomic E-state index is 13.3. The molecule has 2 fully saturated rings. The van der Waals surface area contributed by atoms with Crippen molar-refractivity contribution >= 4 is 0 Å². The SMILES string of the molecule is OCCOc1ccc(CN2C[C@H](O)[C@@H](N3CCC(F)(F)CC3)C2)cc1. The maximum Gasteiger partial charge on any atom is 0.250 e. The topological polar surface area (TPSA) is 56.2 Å². The summed E-state index contributed by atoms with van der Waals surface area (Å²) in [5.74, 6) is -1.84. The zero-order chi connectivity index (χ0) is 17.9. The Bertz CT molecular complexity index is 546. The summed E-state index contributed by atoms with van der Waals surface area (Å²) in [6.45, 7) is 2.90. The Kier molecular flexibility index (Phi) is 5.89. The summed E-state index contributed by atoms with van der Waals surface area (Å²) < 4.78 is 32.0. The Morgan fingerprint density at radius 1 is 1.12 bits per heavy atom. The number of aliphatic hydroxyl groups is 2. The van der Waals surface area contributed by atoms with Crippen molar-refractivity contribution in [3.05, 3.63) is 29.8 Å². The van der Waals surface area contributed by atoms with Crippen molar-refractivity contribution in [1.82, 2.24) is 9.80 Å². The molecule has 0 amide bonds. The second-order valence-corrected chi connectivity index (χ2v) is 6.94. The minimum absolute atomic E-state index is 0.0166. The van der Waals surface area contributed by atoms with Crippen LogP contribution in [0.4, 0.5) is 8.78 Å². The van der Waals surface area contributed by atoms with Crippen LogP contribution in [0.15, 0.2) is 24.3 Å². The van der Waals surface area contributed by atoms with Crippen LogP contribution in [0.2, 0.25) is 0 Å². The summed E-state index contributed by atoms with van der Waals surface area (Å²) in [6, 6.07) is 7.59. The van der Waals surface area contributed by atoms with Gasteiger partial charge in [0.15, 0.2) is 0 Å². The highest BCUT2D eigenvalue weighted by atomic mass is 19.3. The summed E-state index contributed by atoms with van der Waals surface area (Å²) in [7, 11) is 0. The third-order valence-corrected chi connectivity index (χ3v) is 5.02. The fourth-order valence-corrected chi connectivity index (χ4v) is 3.63. The predicted molar refractivity (Wildman–Crippen MR) is 89.8 cm³/mol. The number of hydrogen-bond acceptors (Lipinski definition) is 5. The highest BCUT2D eigenvalue weighted by molar-refractivity contribution is 5.27. The third-order valence-electron chi connectivity index (χ3n) is 5.02. The lowest BCUT2D eigenvalue weighted by molar-refractivity contribution is -0.0698. The summed E-state index contributed by atoms with van der Waals surface area (Å²) in [6.07, 6.45) is -0.740. The molecular formula is C18H26F2N2O3. The molecule has 2 atom stereocenters. The average Bonchev–Trinajstić information content (AvgIpc) is 2.94. The van der Waals surface area contributed by atoms with Gasteiger partial charge in [-0.15, -0.1) is 0 Å². The van der Waals surface area contributed by atoms with E-state index >= 15 is 0 Å². The molecule has 0 aliphatic carbocycles. The number of rotatable bonds is 6. The second kappa shape index (κ2) is 7.95. The van der Waals surface area contributed by atoms with Gasteiger partial charge in [0.25, 0.3) is 5.92 Å². The summed E-state index contributed by atoms with van der Waals surface area (Å²) in [5.41, 5.74) is 1.11. The quantitative estimate of drug-likeness (QED) is 0.806. The smallest absolute Gasteiger partial charge is 0.250 e. The van der Waals surface area contributed by atoms with Crippen LogP contribution in [0.25, 0.3) is 0 Å². The summed E-state index contributed by atoms with van der Waals surface area (Å²) in [5, 5.41) is 19.1. The Hall–Kier alpha value is -1.28.